The van der Waals surface area contributed by atoms with Gasteiger partial charge in [-0.2, -0.15) is 4.57 Å². The van der Waals surface area contributed by atoms with Crippen molar-refractivity contribution in [3.63, 3.8) is 0 Å². The maximum Gasteiger partial charge on any atom is 0.344 e. The second kappa shape index (κ2) is 6.82. The fourth-order valence-electron chi connectivity index (χ4n) is 3.92. The lowest BCUT2D eigenvalue weighted by atomic mass is 10.1. The van der Waals surface area contributed by atoms with Gasteiger partial charge in [-0.1, -0.05) is 48.0 Å². The Kier molecular flexibility index (Phi) is 4.48. The highest BCUT2D eigenvalue weighted by atomic mass is 35.5. The summed E-state index contributed by atoms with van der Waals surface area (Å²) in [6.45, 7) is 3.94. The number of hydrogen-bond acceptors (Lipinski definition) is 3. The molecule has 1 unspecified atom stereocenters. The van der Waals surface area contributed by atoms with Crippen molar-refractivity contribution in [2.75, 3.05) is 0 Å². The molecule has 6 heteroatoms. The fourth-order valence-corrected chi connectivity index (χ4v) is 4.04. The monoisotopic (exact) mass is 381 g/mol. The number of halogens is 1. The second-order valence-electron chi connectivity index (χ2n) is 7.07. The van der Waals surface area contributed by atoms with Crippen LogP contribution >= 0.6 is 11.6 Å². The average Bonchev–Trinajstić information content (AvgIpc) is 3.08. The Balaban J connectivity index is 2.00. The van der Waals surface area contributed by atoms with Gasteiger partial charge in [0, 0.05) is 18.2 Å². The SMILES string of the molecule is CC(C)n1c2[n+](c([O-])c(-c3ccccc3)c1=O)C(c1ccc(Cl)nc1)CC2. The molecule has 3 heterocycles. The van der Waals surface area contributed by atoms with E-state index in [1.807, 2.05) is 50.2 Å². The lowest BCUT2D eigenvalue weighted by molar-refractivity contribution is -0.747. The standard InChI is InChI=1S/C21H20ClN3O2/c1-13(2)24-18-11-9-16(15-8-10-17(22)23-12-15)25(18)21(27)19(20(24)26)14-6-4-3-5-7-14/h3-8,10,12-13,16H,9,11H2,1-2H3. The first-order chi connectivity index (χ1) is 13.0. The van der Waals surface area contributed by atoms with E-state index in [0.717, 1.165) is 17.8 Å². The van der Waals surface area contributed by atoms with E-state index in [4.69, 9.17) is 11.6 Å². The van der Waals surface area contributed by atoms with Crippen LogP contribution in [0.2, 0.25) is 5.15 Å². The van der Waals surface area contributed by atoms with Gasteiger partial charge in [0.25, 0.3) is 5.82 Å². The first kappa shape index (κ1) is 17.7. The summed E-state index contributed by atoms with van der Waals surface area (Å²) >= 11 is 5.92. The van der Waals surface area contributed by atoms with Crippen molar-refractivity contribution >= 4 is 11.6 Å². The third-order valence-corrected chi connectivity index (χ3v) is 5.31. The molecule has 0 bridgehead atoms. The van der Waals surface area contributed by atoms with E-state index in [-0.39, 0.29) is 29.1 Å². The lowest BCUT2D eigenvalue weighted by Crippen LogP contribution is -2.48. The number of aromatic nitrogens is 3. The number of benzene rings is 1. The minimum absolute atomic E-state index is 0.0381. The summed E-state index contributed by atoms with van der Waals surface area (Å²) in [5.41, 5.74) is 1.58. The number of rotatable bonds is 3. The van der Waals surface area contributed by atoms with E-state index >= 15 is 0 Å². The van der Waals surface area contributed by atoms with Gasteiger partial charge < -0.3 is 5.11 Å². The number of hydrogen-bond donors (Lipinski definition) is 0. The molecule has 0 saturated heterocycles. The molecule has 4 rings (SSSR count). The Morgan fingerprint density at radius 3 is 2.59 bits per heavy atom. The highest BCUT2D eigenvalue weighted by Crippen LogP contribution is 2.31. The quantitative estimate of drug-likeness (QED) is 0.517. The smallest absolute Gasteiger partial charge is 0.344 e. The molecule has 1 aliphatic rings. The van der Waals surface area contributed by atoms with E-state index in [1.54, 1.807) is 21.4 Å². The summed E-state index contributed by atoms with van der Waals surface area (Å²) in [6.07, 6.45) is 3.13. The van der Waals surface area contributed by atoms with Crippen LogP contribution in [-0.2, 0) is 6.42 Å². The van der Waals surface area contributed by atoms with E-state index in [9.17, 15) is 9.90 Å². The summed E-state index contributed by atoms with van der Waals surface area (Å²) in [5, 5.41) is 13.8. The molecule has 5 nitrogen and oxygen atoms in total. The van der Waals surface area contributed by atoms with Gasteiger partial charge in [-0.15, -0.1) is 0 Å². The number of pyridine rings is 1. The largest absolute Gasteiger partial charge is 0.842 e. The maximum absolute atomic E-state index is 13.4. The van der Waals surface area contributed by atoms with Crippen LogP contribution in [0, 0.1) is 0 Å². The predicted molar refractivity (Wildman–Crippen MR) is 102 cm³/mol. The summed E-state index contributed by atoms with van der Waals surface area (Å²) in [6, 6.07) is 12.6. The maximum atomic E-state index is 13.4. The molecule has 1 aromatic carbocycles. The van der Waals surface area contributed by atoms with Crippen LogP contribution in [-0.4, -0.2) is 9.55 Å². The zero-order valence-corrected chi connectivity index (χ0v) is 16.0. The molecule has 0 N–H and O–H groups in total. The Labute approximate surface area is 162 Å². The van der Waals surface area contributed by atoms with Crippen molar-refractivity contribution < 1.29 is 9.67 Å². The molecule has 138 valence electrons. The first-order valence-electron chi connectivity index (χ1n) is 9.06. The molecular weight excluding hydrogens is 362 g/mol. The summed E-state index contributed by atoms with van der Waals surface area (Å²) in [5.74, 6) is 0.537. The number of nitrogens with zero attached hydrogens (tertiary/aromatic N) is 3. The van der Waals surface area contributed by atoms with E-state index in [0.29, 0.717) is 17.1 Å². The minimum Gasteiger partial charge on any atom is -0.842 e. The Morgan fingerprint density at radius 1 is 1.22 bits per heavy atom. The van der Waals surface area contributed by atoms with Gasteiger partial charge in [0.15, 0.2) is 0 Å². The molecule has 2 aromatic heterocycles. The van der Waals surface area contributed by atoms with Crippen molar-refractivity contribution in [2.24, 2.45) is 0 Å². The van der Waals surface area contributed by atoms with Crippen molar-refractivity contribution in [3.05, 3.63) is 75.6 Å². The molecule has 3 aromatic rings. The van der Waals surface area contributed by atoms with Crippen LogP contribution in [0.4, 0.5) is 0 Å². The predicted octanol–water partition coefficient (Wildman–Crippen LogP) is 3.04. The van der Waals surface area contributed by atoms with E-state index in [1.165, 1.54) is 0 Å². The lowest BCUT2D eigenvalue weighted by Gasteiger charge is -2.22. The normalized spacial score (nSPS) is 15.9. The van der Waals surface area contributed by atoms with Gasteiger partial charge in [-0.3, -0.25) is 0 Å². The molecule has 27 heavy (non-hydrogen) atoms. The zero-order valence-electron chi connectivity index (χ0n) is 15.2. The molecule has 1 atom stereocenters. The van der Waals surface area contributed by atoms with Gasteiger partial charge in [-0.25, -0.2) is 14.3 Å². The van der Waals surface area contributed by atoms with Crippen LogP contribution < -0.4 is 15.2 Å². The van der Waals surface area contributed by atoms with E-state index < -0.39 is 0 Å². The Bertz CT molecular complexity index is 1040. The zero-order chi connectivity index (χ0) is 19.1. The van der Waals surface area contributed by atoms with Crippen molar-refractivity contribution in [2.45, 2.75) is 38.8 Å². The molecule has 0 saturated carbocycles. The van der Waals surface area contributed by atoms with Gasteiger partial charge in [0.1, 0.15) is 16.8 Å². The van der Waals surface area contributed by atoms with Crippen LogP contribution in [0.1, 0.15) is 43.7 Å². The third-order valence-electron chi connectivity index (χ3n) is 5.09. The molecule has 0 fully saturated rings. The Hall–Kier alpha value is -2.66. The topological polar surface area (TPSA) is 61.8 Å². The fraction of sp³-hybridized carbons (Fsp3) is 0.286. The van der Waals surface area contributed by atoms with Gasteiger partial charge >= 0.3 is 5.56 Å². The van der Waals surface area contributed by atoms with Gasteiger partial charge in [0.05, 0.1) is 18.3 Å². The minimum atomic E-state index is -0.240. The van der Waals surface area contributed by atoms with Crippen molar-refractivity contribution in [1.29, 1.82) is 0 Å². The molecule has 1 aliphatic heterocycles. The second-order valence-corrected chi connectivity index (χ2v) is 7.46. The average molecular weight is 382 g/mol. The first-order valence-corrected chi connectivity index (χ1v) is 9.43. The summed E-state index contributed by atoms with van der Waals surface area (Å²) < 4.78 is 3.53. The molecular formula is C21H20ClN3O2. The van der Waals surface area contributed by atoms with E-state index in [2.05, 4.69) is 4.98 Å². The number of fused-ring (bicyclic) bond motifs is 1. The van der Waals surface area contributed by atoms with Gasteiger partial charge in [0.2, 0.25) is 0 Å². The summed E-state index contributed by atoms with van der Waals surface area (Å²) in [7, 11) is 0. The highest BCUT2D eigenvalue weighted by Gasteiger charge is 2.36. The van der Waals surface area contributed by atoms with Crippen LogP contribution in [0.25, 0.3) is 11.1 Å². The van der Waals surface area contributed by atoms with Crippen molar-refractivity contribution in [3.8, 4) is 17.0 Å². The van der Waals surface area contributed by atoms with Crippen LogP contribution in [0.15, 0.2) is 53.5 Å². The van der Waals surface area contributed by atoms with Crippen molar-refractivity contribution in [1.82, 2.24) is 9.55 Å². The molecule has 0 aliphatic carbocycles. The Morgan fingerprint density at radius 2 is 1.96 bits per heavy atom. The molecule has 0 spiro atoms. The summed E-state index contributed by atoms with van der Waals surface area (Å²) in [4.78, 5) is 17.4. The van der Waals surface area contributed by atoms with Crippen LogP contribution in [0.5, 0.6) is 5.88 Å². The van der Waals surface area contributed by atoms with Crippen LogP contribution in [0.3, 0.4) is 0 Å². The third kappa shape index (κ3) is 2.92. The highest BCUT2D eigenvalue weighted by molar-refractivity contribution is 6.29. The molecule has 0 radical (unpaired) electrons. The van der Waals surface area contributed by atoms with Gasteiger partial charge in [-0.05, 0) is 25.5 Å². The molecule has 0 amide bonds.